The van der Waals surface area contributed by atoms with Gasteiger partial charge in [0, 0.05) is 38.2 Å². The van der Waals surface area contributed by atoms with Crippen molar-refractivity contribution in [3.05, 3.63) is 24.5 Å². The average Bonchev–Trinajstić information content (AvgIpc) is 2.80. The van der Waals surface area contributed by atoms with Crippen LogP contribution in [0.25, 0.3) is 0 Å². The maximum absolute atomic E-state index is 5.45. The fraction of sp³-hybridized carbons (Fsp3) is 0.615. The molecule has 94 valence electrons. The summed E-state index contributed by atoms with van der Waals surface area (Å²) in [6.07, 6.45) is 1.94. The number of nitrogens with one attached hydrogen (secondary N) is 1. The molecule has 1 unspecified atom stereocenters. The van der Waals surface area contributed by atoms with Crippen LogP contribution < -0.4 is 10.2 Å². The Kier molecular flexibility index (Phi) is 3.84. The monoisotopic (exact) mass is 235 g/mol. The lowest BCUT2D eigenvalue weighted by Gasteiger charge is -2.26. The minimum Gasteiger partial charge on any atom is -0.359 e. The van der Waals surface area contributed by atoms with Crippen molar-refractivity contribution in [2.45, 2.75) is 19.8 Å². The highest BCUT2D eigenvalue weighted by molar-refractivity contribution is 5.40. The molecule has 0 spiro atoms. The molecule has 1 aliphatic rings. The van der Waals surface area contributed by atoms with Crippen LogP contribution in [0.3, 0.4) is 0 Å². The third-order valence-corrected chi connectivity index (χ3v) is 3.26. The van der Waals surface area contributed by atoms with E-state index >= 15 is 0 Å². The molecule has 1 aromatic rings. The summed E-state index contributed by atoms with van der Waals surface area (Å²) in [5, 5.41) is 7.49. The lowest BCUT2D eigenvalue weighted by Crippen LogP contribution is -2.43. The molecule has 0 amide bonds. The molecule has 4 nitrogen and oxygen atoms in total. The van der Waals surface area contributed by atoms with Gasteiger partial charge in [0.15, 0.2) is 5.82 Å². The minimum atomic E-state index is 0.249. The largest absolute Gasteiger partial charge is 0.359 e. The average molecular weight is 235 g/mol. The summed E-state index contributed by atoms with van der Waals surface area (Å²) in [4.78, 5) is 2.25. The number of piperazine rings is 1. The van der Waals surface area contributed by atoms with E-state index in [-0.39, 0.29) is 5.92 Å². The van der Waals surface area contributed by atoms with Crippen LogP contribution in [0.1, 0.15) is 25.5 Å². The van der Waals surface area contributed by atoms with Crippen molar-refractivity contribution in [3.63, 3.8) is 0 Å². The van der Waals surface area contributed by atoms with E-state index < -0.39 is 0 Å². The molecule has 0 aromatic carbocycles. The fourth-order valence-electron chi connectivity index (χ4n) is 2.20. The van der Waals surface area contributed by atoms with Gasteiger partial charge in [-0.2, -0.15) is 0 Å². The summed E-state index contributed by atoms with van der Waals surface area (Å²) in [7, 11) is 0. The van der Waals surface area contributed by atoms with E-state index in [2.05, 4.69) is 41.9 Å². The van der Waals surface area contributed by atoms with Gasteiger partial charge in [0.05, 0.1) is 0 Å². The molecule has 0 aliphatic carbocycles. The third-order valence-electron chi connectivity index (χ3n) is 3.26. The first-order valence-electron chi connectivity index (χ1n) is 6.27. The van der Waals surface area contributed by atoms with Crippen LogP contribution in [0.4, 0.5) is 5.82 Å². The molecule has 1 aliphatic heterocycles. The van der Waals surface area contributed by atoms with Gasteiger partial charge >= 0.3 is 0 Å². The van der Waals surface area contributed by atoms with Crippen LogP contribution in [0, 0.1) is 5.92 Å². The first-order valence-corrected chi connectivity index (χ1v) is 6.27. The van der Waals surface area contributed by atoms with E-state index in [1.165, 1.54) is 0 Å². The van der Waals surface area contributed by atoms with Gasteiger partial charge in [-0.05, 0) is 5.92 Å². The SMILES string of the molecule is C=CC(c1cc(N2CCNCC2)no1)C(C)C. The molecule has 4 heteroatoms. The molecule has 0 saturated carbocycles. The van der Waals surface area contributed by atoms with Crippen LogP contribution in [0.5, 0.6) is 0 Å². The van der Waals surface area contributed by atoms with E-state index in [0.29, 0.717) is 5.92 Å². The number of aromatic nitrogens is 1. The zero-order chi connectivity index (χ0) is 12.3. The van der Waals surface area contributed by atoms with Gasteiger partial charge in [-0.1, -0.05) is 25.1 Å². The van der Waals surface area contributed by atoms with Crippen molar-refractivity contribution in [2.75, 3.05) is 31.1 Å². The first kappa shape index (κ1) is 12.2. The van der Waals surface area contributed by atoms with Gasteiger partial charge < -0.3 is 14.7 Å². The molecule has 17 heavy (non-hydrogen) atoms. The molecule has 2 heterocycles. The first-order chi connectivity index (χ1) is 8.22. The maximum atomic E-state index is 5.45. The smallest absolute Gasteiger partial charge is 0.172 e. The molecule has 0 bridgehead atoms. The van der Waals surface area contributed by atoms with Gasteiger partial charge in [0.1, 0.15) is 5.76 Å². The van der Waals surface area contributed by atoms with Crippen LogP contribution in [-0.4, -0.2) is 31.3 Å². The van der Waals surface area contributed by atoms with Crippen molar-refractivity contribution < 1.29 is 4.52 Å². The highest BCUT2D eigenvalue weighted by atomic mass is 16.5. The highest BCUT2D eigenvalue weighted by Crippen LogP contribution is 2.28. The Morgan fingerprint density at radius 3 is 2.76 bits per heavy atom. The zero-order valence-corrected chi connectivity index (χ0v) is 10.6. The molecule has 1 fully saturated rings. The van der Waals surface area contributed by atoms with E-state index in [1.807, 2.05) is 6.08 Å². The lowest BCUT2D eigenvalue weighted by atomic mass is 9.93. The Morgan fingerprint density at radius 2 is 2.18 bits per heavy atom. The van der Waals surface area contributed by atoms with Gasteiger partial charge in [-0.3, -0.25) is 0 Å². The zero-order valence-electron chi connectivity index (χ0n) is 10.6. The molecule has 1 atom stereocenters. The summed E-state index contributed by atoms with van der Waals surface area (Å²) >= 11 is 0. The summed E-state index contributed by atoms with van der Waals surface area (Å²) in [5.74, 6) is 2.60. The van der Waals surface area contributed by atoms with Crippen LogP contribution in [-0.2, 0) is 0 Å². The second-order valence-corrected chi connectivity index (χ2v) is 4.83. The predicted octanol–water partition coefficient (Wildman–Crippen LogP) is 2.01. The summed E-state index contributed by atoms with van der Waals surface area (Å²) in [6, 6.07) is 2.05. The van der Waals surface area contributed by atoms with E-state index in [4.69, 9.17) is 4.52 Å². The molecule has 1 N–H and O–H groups in total. The maximum Gasteiger partial charge on any atom is 0.172 e. The molecule has 1 saturated heterocycles. The Bertz CT molecular complexity index is 366. The van der Waals surface area contributed by atoms with Gasteiger partial charge in [0.25, 0.3) is 0 Å². The number of nitrogens with zero attached hydrogens (tertiary/aromatic N) is 2. The van der Waals surface area contributed by atoms with E-state index in [0.717, 1.165) is 37.8 Å². The molecule has 1 aromatic heterocycles. The third kappa shape index (κ3) is 2.69. The Balaban J connectivity index is 2.11. The fourth-order valence-corrected chi connectivity index (χ4v) is 2.20. The molecule has 2 rings (SSSR count). The molecular formula is C13H21N3O. The van der Waals surface area contributed by atoms with Crippen molar-refractivity contribution in [1.82, 2.24) is 10.5 Å². The summed E-state index contributed by atoms with van der Waals surface area (Å²) in [5.41, 5.74) is 0. The van der Waals surface area contributed by atoms with Gasteiger partial charge in [0.2, 0.25) is 0 Å². The number of rotatable bonds is 4. The highest BCUT2D eigenvalue weighted by Gasteiger charge is 2.20. The van der Waals surface area contributed by atoms with Crippen molar-refractivity contribution in [3.8, 4) is 0 Å². The number of allylic oxidation sites excluding steroid dienone is 1. The van der Waals surface area contributed by atoms with Gasteiger partial charge in [-0.25, -0.2) is 0 Å². The second kappa shape index (κ2) is 5.36. The number of hydrogen-bond donors (Lipinski definition) is 1. The van der Waals surface area contributed by atoms with Crippen molar-refractivity contribution >= 4 is 5.82 Å². The topological polar surface area (TPSA) is 41.3 Å². The van der Waals surface area contributed by atoms with Crippen molar-refractivity contribution in [2.24, 2.45) is 5.92 Å². The summed E-state index contributed by atoms with van der Waals surface area (Å²) in [6.45, 7) is 12.2. The Morgan fingerprint density at radius 1 is 1.47 bits per heavy atom. The van der Waals surface area contributed by atoms with E-state index in [1.54, 1.807) is 0 Å². The summed E-state index contributed by atoms with van der Waals surface area (Å²) < 4.78 is 5.45. The normalized spacial score (nSPS) is 18.4. The van der Waals surface area contributed by atoms with Crippen LogP contribution in [0.15, 0.2) is 23.2 Å². The van der Waals surface area contributed by atoms with Crippen LogP contribution >= 0.6 is 0 Å². The molecule has 0 radical (unpaired) electrons. The van der Waals surface area contributed by atoms with Crippen LogP contribution in [0.2, 0.25) is 0 Å². The Hall–Kier alpha value is -1.29. The predicted molar refractivity (Wildman–Crippen MR) is 69.4 cm³/mol. The number of anilines is 1. The lowest BCUT2D eigenvalue weighted by molar-refractivity contribution is 0.351. The van der Waals surface area contributed by atoms with E-state index in [9.17, 15) is 0 Å². The second-order valence-electron chi connectivity index (χ2n) is 4.83. The Labute approximate surface area is 103 Å². The quantitative estimate of drug-likeness (QED) is 0.811. The van der Waals surface area contributed by atoms with Crippen molar-refractivity contribution in [1.29, 1.82) is 0 Å². The minimum absolute atomic E-state index is 0.249. The number of hydrogen-bond acceptors (Lipinski definition) is 4. The molecular weight excluding hydrogens is 214 g/mol. The van der Waals surface area contributed by atoms with Gasteiger partial charge in [-0.15, -0.1) is 6.58 Å². The standard InChI is InChI=1S/C13H21N3O/c1-4-11(10(2)3)12-9-13(15-17-12)16-7-5-14-6-8-16/h4,9-11,14H,1,5-8H2,2-3H3.